The fourth-order valence-electron chi connectivity index (χ4n) is 3.29. The van der Waals surface area contributed by atoms with Crippen molar-refractivity contribution in [1.82, 2.24) is 0 Å². The van der Waals surface area contributed by atoms with Crippen LogP contribution in [0.25, 0.3) is 0 Å². The minimum absolute atomic E-state index is 0.0659. The number of benzene rings is 1. The second-order valence-corrected chi connectivity index (χ2v) is 10.1. The summed E-state index contributed by atoms with van der Waals surface area (Å²) >= 11 is 0. The number of carboxylic acid groups (broad SMARTS) is 1. The maximum absolute atomic E-state index is 12.4. The van der Waals surface area contributed by atoms with Crippen LogP contribution < -0.4 is 15.2 Å². The molecule has 0 aliphatic rings. The molecule has 0 saturated heterocycles. The van der Waals surface area contributed by atoms with Crippen molar-refractivity contribution in [2.45, 2.75) is 105 Å². The van der Waals surface area contributed by atoms with Gasteiger partial charge in [-0.05, 0) is 63.6 Å². The maximum Gasteiger partial charge on any atom is 0.514 e. The molecule has 0 saturated carbocycles. The van der Waals surface area contributed by atoms with E-state index in [9.17, 15) is 24.3 Å². The zero-order valence-electron chi connectivity index (χ0n) is 24.1. The minimum atomic E-state index is -1.38. The number of esters is 1. The SMILES string of the molecule is CCC(C)OC(=O)Oc1ccc(C(CC(C)OC(=O)C(C)C(C)C)[C@H](N)C(=O)O)cc1OC(=O)OC(C)CC. The Hall–Kier alpha value is -3.34. The summed E-state index contributed by atoms with van der Waals surface area (Å²) in [4.78, 5) is 48.9. The van der Waals surface area contributed by atoms with Crippen LogP contribution in [0.15, 0.2) is 18.2 Å². The molecule has 39 heavy (non-hydrogen) atoms. The van der Waals surface area contributed by atoms with Crippen molar-refractivity contribution in [3.8, 4) is 11.5 Å². The molecule has 0 radical (unpaired) electrons. The van der Waals surface area contributed by atoms with E-state index in [0.717, 1.165) is 0 Å². The normalized spacial score (nSPS) is 15.7. The highest BCUT2D eigenvalue weighted by Crippen LogP contribution is 2.35. The zero-order chi connectivity index (χ0) is 29.9. The molecule has 0 aliphatic heterocycles. The van der Waals surface area contributed by atoms with E-state index in [2.05, 4.69) is 0 Å². The summed E-state index contributed by atoms with van der Waals surface area (Å²) in [5.41, 5.74) is 6.39. The molecule has 1 rings (SSSR count). The molecule has 3 N–H and O–H groups in total. The van der Waals surface area contributed by atoms with E-state index in [1.165, 1.54) is 18.2 Å². The first kappa shape index (κ1) is 33.7. The Labute approximate surface area is 230 Å². The van der Waals surface area contributed by atoms with Crippen molar-refractivity contribution in [1.29, 1.82) is 0 Å². The standard InChI is InChI=1S/C28H43NO10/c1-9-16(5)36-27(33)38-22-12-11-20(14-23(22)39-28(34)37-17(6)10-2)21(24(29)25(30)31)13-18(7)35-26(32)19(8)15(3)4/h11-12,14-19,21,24H,9-10,13,29H2,1-8H3,(H,30,31)/t16?,17?,18?,19?,21?,24-/m0/s1. The average molecular weight is 554 g/mol. The van der Waals surface area contributed by atoms with E-state index in [-0.39, 0.29) is 29.8 Å². The van der Waals surface area contributed by atoms with Crippen LogP contribution in [0.5, 0.6) is 11.5 Å². The molecule has 0 aromatic heterocycles. The van der Waals surface area contributed by atoms with Crippen molar-refractivity contribution in [2.24, 2.45) is 17.6 Å². The molecule has 6 atom stereocenters. The van der Waals surface area contributed by atoms with Crippen molar-refractivity contribution < 1.29 is 48.0 Å². The van der Waals surface area contributed by atoms with E-state index in [1.807, 2.05) is 27.7 Å². The Balaban J connectivity index is 3.36. The summed E-state index contributed by atoms with van der Waals surface area (Å²) in [6.07, 6.45) is -2.38. The average Bonchev–Trinajstić information content (AvgIpc) is 2.86. The third-order valence-electron chi connectivity index (χ3n) is 6.52. The van der Waals surface area contributed by atoms with Crippen molar-refractivity contribution in [2.75, 3.05) is 0 Å². The summed E-state index contributed by atoms with van der Waals surface area (Å²) in [6, 6.07) is 2.81. The van der Waals surface area contributed by atoms with Crippen LogP contribution in [0.1, 0.15) is 86.1 Å². The number of carboxylic acids is 1. The summed E-state index contributed by atoms with van der Waals surface area (Å²) in [7, 11) is 0. The van der Waals surface area contributed by atoms with Gasteiger partial charge >= 0.3 is 24.2 Å². The fourth-order valence-corrected chi connectivity index (χ4v) is 3.29. The van der Waals surface area contributed by atoms with E-state index in [0.29, 0.717) is 18.4 Å². The molecule has 220 valence electrons. The first-order valence-electron chi connectivity index (χ1n) is 13.3. The van der Waals surface area contributed by atoms with Crippen LogP contribution in [0.3, 0.4) is 0 Å². The number of hydrogen-bond acceptors (Lipinski definition) is 10. The number of aliphatic carboxylic acids is 1. The highest BCUT2D eigenvalue weighted by molar-refractivity contribution is 5.75. The van der Waals surface area contributed by atoms with E-state index in [1.54, 1.807) is 27.7 Å². The van der Waals surface area contributed by atoms with Gasteiger partial charge < -0.3 is 34.5 Å². The molecule has 0 fully saturated rings. The van der Waals surface area contributed by atoms with Crippen LogP contribution in [0.2, 0.25) is 0 Å². The quantitative estimate of drug-likeness (QED) is 0.172. The molecular weight excluding hydrogens is 510 g/mol. The van der Waals surface area contributed by atoms with Crippen molar-refractivity contribution >= 4 is 24.2 Å². The Morgan fingerprint density at radius 3 is 1.77 bits per heavy atom. The van der Waals surface area contributed by atoms with Gasteiger partial charge in [-0.3, -0.25) is 9.59 Å². The van der Waals surface area contributed by atoms with Gasteiger partial charge in [0.2, 0.25) is 0 Å². The van der Waals surface area contributed by atoms with Crippen molar-refractivity contribution in [3.05, 3.63) is 23.8 Å². The van der Waals surface area contributed by atoms with Gasteiger partial charge in [0.25, 0.3) is 0 Å². The maximum atomic E-state index is 12.4. The summed E-state index contributed by atoms with van der Waals surface area (Å²) in [5, 5.41) is 9.67. The van der Waals surface area contributed by atoms with Gasteiger partial charge in [-0.25, -0.2) is 9.59 Å². The monoisotopic (exact) mass is 553 g/mol. The van der Waals surface area contributed by atoms with E-state index in [4.69, 9.17) is 29.4 Å². The van der Waals surface area contributed by atoms with Crippen molar-refractivity contribution in [3.63, 3.8) is 0 Å². The number of rotatable bonds is 14. The van der Waals surface area contributed by atoms with Crippen LogP contribution in [-0.2, 0) is 23.8 Å². The Kier molecular flexibility index (Phi) is 13.8. The number of ether oxygens (including phenoxy) is 5. The number of hydrogen-bond donors (Lipinski definition) is 2. The molecule has 0 bridgehead atoms. The second-order valence-electron chi connectivity index (χ2n) is 10.1. The molecule has 5 unspecified atom stereocenters. The lowest BCUT2D eigenvalue weighted by Crippen LogP contribution is -2.38. The molecule has 11 nitrogen and oxygen atoms in total. The molecule has 0 amide bonds. The van der Waals surface area contributed by atoms with E-state index >= 15 is 0 Å². The van der Waals surface area contributed by atoms with Gasteiger partial charge in [0.15, 0.2) is 11.5 Å². The Morgan fingerprint density at radius 2 is 1.31 bits per heavy atom. The van der Waals surface area contributed by atoms with Gasteiger partial charge in [0, 0.05) is 5.92 Å². The van der Waals surface area contributed by atoms with Gasteiger partial charge in [-0.15, -0.1) is 0 Å². The molecular formula is C28H43NO10. The summed E-state index contributed by atoms with van der Waals surface area (Å²) in [6.45, 7) is 14.2. The lowest BCUT2D eigenvalue weighted by Gasteiger charge is -2.26. The smallest absolute Gasteiger partial charge is 0.480 e. The third kappa shape index (κ3) is 11.1. The molecule has 1 aromatic carbocycles. The van der Waals surface area contributed by atoms with Gasteiger partial charge in [-0.1, -0.05) is 40.7 Å². The highest BCUT2D eigenvalue weighted by Gasteiger charge is 2.31. The molecule has 1 aromatic rings. The summed E-state index contributed by atoms with van der Waals surface area (Å²) in [5.74, 6) is -3.14. The third-order valence-corrected chi connectivity index (χ3v) is 6.52. The van der Waals surface area contributed by atoms with Crippen LogP contribution in [0.4, 0.5) is 9.59 Å². The fraction of sp³-hybridized carbons (Fsp3) is 0.643. The predicted molar refractivity (Wildman–Crippen MR) is 143 cm³/mol. The van der Waals surface area contributed by atoms with Crippen LogP contribution >= 0.6 is 0 Å². The van der Waals surface area contributed by atoms with Gasteiger partial charge in [-0.2, -0.15) is 0 Å². The second kappa shape index (κ2) is 15.9. The van der Waals surface area contributed by atoms with Crippen LogP contribution in [0, 0.1) is 11.8 Å². The van der Waals surface area contributed by atoms with E-state index < -0.39 is 54.5 Å². The van der Waals surface area contributed by atoms with Gasteiger partial charge in [0.05, 0.1) is 12.0 Å². The first-order chi connectivity index (χ1) is 18.2. The Morgan fingerprint density at radius 1 is 0.795 bits per heavy atom. The molecule has 0 aliphatic carbocycles. The summed E-state index contributed by atoms with van der Waals surface area (Å²) < 4.78 is 26.5. The van der Waals surface area contributed by atoms with Crippen LogP contribution in [-0.4, -0.2) is 53.7 Å². The van der Waals surface area contributed by atoms with Gasteiger partial charge in [0.1, 0.15) is 18.2 Å². The number of carbonyl (C=O) groups is 4. The highest BCUT2D eigenvalue weighted by atomic mass is 16.7. The Bertz CT molecular complexity index is 979. The number of nitrogens with two attached hydrogens (primary N) is 1. The lowest BCUT2D eigenvalue weighted by molar-refractivity contribution is -0.154. The minimum Gasteiger partial charge on any atom is -0.480 e. The molecule has 0 spiro atoms. The number of carbonyl (C=O) groups excluding carboxylic acids is 3. The first-order valence-corrected chi connectivity index (χ1v) is 13.3. The molecule has 11 heteroatoms. The predicted octanol–water partition coefficient (Wildman–Crippen LogP) is 5.42. The zero-order valence-corrected chi connectivity index (χ0v) is 24.1. The largest absolute Gasteiger partial charge is 0.514 e. The topological polar surface area (TPSA) is 161 Å². The molecule has 0 heterocycles. The lowest BCUT2D eigenvalue weighted by atomic mass is 9.87.